The van der Waals surface area contributed by atoms with Crippen molar-refractivity contribution in [1.82, 2.24) is 4.72 Å². The van der Waals surface area contributed by atoms with Crippen molar-refractivity contribution in [2.24, 2.45) is 11.7 Å². The van der Waals surface area contributed by atoms with Crippen LogP contribution in [0.25, 0.3) is 0 Å². The normalized spacial score (nSPS) is 18.9. The van der Waals surface area contributed by atoms with Crippen molar-refractivity contribution in [3.05, 3.63) is 0 Å². The Bertz CT molecular complexity index is 428. The zero-order valence-corrected chi connectivity index (χ0v) is 11.5. The van der Waals surface area contributed by atoms with Crippen molar-refractivity contribution >= 4 is 21.9 Å². The Labute approximate surface area is 112 Å². The van der Waals surface area contributed by atoms with E-state index in [2.05, 4.69) is 0 Å². The number of aliphatic carboxylic acids is 1. The van der Waals surface area contributed by atoms with E-state index in [1.165, 1.54) is 0 Å². The van der Waals surface area contributed by atoms with Gasteiger partial charge in [-0.25, -0.2) is 13.1 Å². The highest BCUT2D eigenvalue weighted by atomic mass is 32.2. The maximum absolute atomic E-state index is 11.9. The Morgan fingerprint density at radius 2 is 1.84 bits per heavy atom. The molecule has 0 spiro atoms. The smallest absolute Gasteiger partial charge is 0.322 e. The molecule has 0 aromatic rings. The van der Waals surface area contributed by atoms with E-state index < -0.39 is 34.4 Å². The minimum atomic E-state index is -3.71. The number of carboxylic acid groups (broad SMARTS) is 1. The molecule has 0 unspecified atom stereocenters. The van der Waals surface area contributed by atoms with E-state index >= 15 is 0 Å². The topological polar surface area (TPSA) is 127 Å². The summed E-state index contributed by atoms with van der Waals surface area (Å²) in [6, 6.07) is -1.48. The molecule has 110 valence electrons. The first-order valence-corrected chi connectivity index (χ1v) is 7.96. The highest BCUT2D eigenvalue weighted by Gasteiger charge is 2.28. The molecule has 1 aliphatic carbocycles. The monoisotopic (exact) mass is 292 g/mol. The fourth-order valence-electron chi connectivity index (χ4n) is 2.31. The Morgan fingerprint density at radius 3 is 2.32 bits per heavy atom. The van der Waals surface area contributed by atoms with Crippen molar-refractivity contribution in [3.63, 3.8) is 0 Å². The maximum atomic E-state index is 11.9. The molecule has 1 amide bonds. The molecule has 19 heavy (non-hydrogen) atoms. The minimum Gasteiger partial charge on any atom is -0.480 e. The standard InChI is InChI=1S/C11H20N2O5S/c12-10(14)6-9(11(15)16)13-19(17,18)7-8-4-2-1-3-5-8/h8-9,13H,1-7H2,(H2,12,14)(H,15,16)/t9-/m0/s1. The zero-order valence-electron chi connectivity index (χ0n) is 10.7. The van der Waals surface area contributed by atoms with Gasteiger partial charge in [-0.05, 0) is 18.8 Å². The summed E-state index contributed by atoms with van der Waals surface area (Å²) in [6.45, 7) is 0. The highest BCUT2D eigenvalue weighted by molar-refractivity contribution is 7.89. The van der Waals surface area contributed by atoms with Gasteiger partial charge < -0.3 is 10.8 Å². The van der Waals surface area contributed by atoms with Gasteiger partial charge in [-0.1, -0.05) is 19.3 Å². The van der Waals surface area contributed by atoms with Crippen LogP contribution in [0.15, 0.2) is 0 Å². The van der Waals surface area contributed by atoms with Crippen LogP contribution >= 0.6 is 0 Å². The lowest BCUT2D eigenvalue weighted by Gasteiger charge is -2.22. The number of carboxylic acids is 1. The van der Waals surface area contributed by atoms with Crippen LogP contribution in [0.4, 0.5) is 0 Å². The largest absolute Gasteiger partial charge is 0.480 e. The molecule has 1 aliphatic rings. The summed E-state index contributed by atoms with van der Waals surface area (Å²) in [5.41, 5.74) is 4.90. The van der Waals surface area contributed by atoms with Crippen molar-refractivity contribution in [2.45, 2.75) is 44.6 Å². The first kappa shape index (κ1) is 15.9. The molecule has 0 radical (unpaired) electrons. The van der Waals surface area contributed by atoms with E-state index in [0.29, 0.717) is 0 Å². The van der Waals surface area contributed by atoms with Crippen molar-refractivity contribution in [3.8, 4) is 0 Å². The van der Waals surface area contributed by atoms with Gasteiger partial charge in [0.25, 0.3) is 0 Å². The Morgan fingerprint density at radius 1 is 1.26 bits per heavy atom. The van der Waals surface area contributed by atoms with Crippen LogP contribution in [0.2, 0.25) is 0 Å². The SMILES string of the molecule is NC(=O)C[C@H](NS(=O)(=O)CC1CCCCC1)C(=O)O. The van der Waals surface area contributed by atoms with Crippen molar-refractivity contribution in [1.29, 1.82) is 0 Å². The molecule has 0 bridgehead atoms. The van der Waals surface area contributed by atoms with Crippen LogP contribution in [0.5, 0.6) is 0 Å². The van der Waals surface area contributed by atoms with Gasteiger partial charge in [0.2, 0.25) is 15.9 Å². The van der Waals surface area contributed by atoms with Crippen LogP contribution in [-0.2, 0) is 19.6 Å². The summed E-state index contributed by atoms with van der Waals surface area (Å²) in [5.74, 6) is -2.27. The summed E-state index contributed by atoms with van der Waals surface area (Å²) in [7, 11) is -3.71. The first-order valence-electron chi connectivity index (χ1n) is 6.31. The fourth-order valence-corrected chi connectivity index (χ4v) is 3.98. The Kier molecular flexibility index (Phi) is 5.74. The second-order valence-corrected chi connectivity index (χ2v) is 6.76. The number of sulfonamides is 1. The van der Waals surface area contributed by atoms with E-state index in [1.807, 2.05) is 4.72 Å². The average Bonchev–Trinajstić information content (AvgIpc) is 2.27. The molecular formula is C11H20N2O5S. The van der Waals surface area contributed by atoms with E-state index in [9.17, 15) is 18.0 Å². The molecule has 7 nitrogen and oxygen atoms in total. The third-order valence-electron chi connectivity index (χ3n) is 3.21. The number of hydrogen-bond acceptors (Lipinski definition) is 4. The van der Waals surface area contributed by atoms with Gasteiger partial charge in [0, 0.05) is 0 Å². The van der Waals surface area contributed by atoms with Gasteiger partial charge in [-0.15, -0.1) is 0 Å². The molecule has 1 saturated carbocycles. The second-order valence-electron chi connectivity index (χ2n) is 4.96. The minimum absolute atomic E-state index is 0.0641. The van der Waals surface area contributed by atoms with Crippen LogP contribution in [0.3, 0.4) is 0 Å². The predicted octanol–water partition coefficient (Wildman–Crippen LogP) is -0.185. The Hall–Kier alpha value is -1.15. The lowest BCUT2D eigenvalue weighted by molar-refractivity contribution is -0.140. The van der Waals surface area contributed by atoms with E-state index in [1.54, 1.807) is 0 Å². The lowest BCUT2D eigenvalue weighted by atomic mass is 9.91. The number of primary amides is 1. The average molecular weight is 292 g/mol. The third kappa shape index (κ3) is 6.02. The number of nitrogens with one attached hydrogen (secondary N) is 1. The predicted molar refractivity (Wildman–Crippen MR) is 68.7 cm³/mol. The van der Waals surface area contributed by atoms with Gasteiger partial charge in [0.15, 0.2) is 0 Å². The molecule has 0 aliphatic heterocycles. The molecule has 1 fully saturated rings. The van der Waals surface area contributed by atoms with Crippen molar-refractivity contribution in [2.75, 3.05) is 5.75 Å². The molecule has 0 aromatic carbocycles. The molecule has 1 atom stereocenters. The first-order chi connectivity index (χ1) is 8.80. The molecule has 0 heterocycles. The van der Waals surface area contributed by atoms with Gasteiger partial charge in [-0.2, -0.15) is 0 Å². The fraction of sp³-hybridized carbons (Fsp3) is 0.818. The van der Waals surface area contributed by atoms with E-state index in [-0.39, 0.29) is 11.7 Å². The number of rotatable bonds is 7. The summed E-state index contributed by atoms with van der Waals surface area (Å²) in [4.78, 5) is 21.6. The zero-order chi connectivity index (χ0) is 14.5. The van der Waals surface area contributed by atoms with Gasteiger partial charge in [0.1, 0.15) is 6.04 Å². The quantitative estimate of drug-likeness (QED) is 0.599. The maximum Gasteiger partial charge on any atom is 0.322 e. The van der Waals surface area contributed by atoms with Crippen LogP contribution in [0.1, 0.15) is 38.5 Å². The lowest BCUT2D eigenvalue weighted by Crippen LogP contribution is -2.45. The van der Waals surface area contributed by atoms with Crippen molar-refractivity contribution < 1.29 is 23.1 Å². The summed E-state index contributed by atoms with van der Waals surface area (Å²) in [5, 5.41) is 8.86. The third-order valence-corrected chi connectivity index (χ3v) is 4.76. The van der Waals surface area contributed by atoms with Crippen LogP contribution < -0.4 is 10.5 Å². The number of carbonyl (C=O) groups excluding carboxylic acids is 1. The molecule has 4 N–H and O–H groups in total. The molecule has 1 rings (SSSR count). The summed E-state index contributed by atoms with van der Waals surface area (Å²) < 4.78 is 25.8. The van der Waals surface area contributed by atoms with Gasteiger partial charge in [0.05, 0.1) is 12.2 Å². The molecule has 8 heteroatoms. The number of hydrogen-bond donors (Lipinski definition) is 3. The molecular weight excluding hydrogens is 272 g/mol. The van der Waals surface area contributed by atoms with Gasteiger partial charge >= 0.3 is 5.97 Å². The molecule has 0 aromatic heterocycles. The second kappa shape index (κ2) is 6.85. The highest BCUT2D eigenvalue weighted by Crippen LogP contribution is 2.24. The summed E-state index contributed by atoms with van der Waals surface area (Å²) in [6.07, 6.45) is 4.26. The van der Waals surface area contributed by atoms with Crippen LogP contribution in [0, 0.1) is 5.92 Å². The number of amides is 1. The van der Waals surface area contributed by atoms with Crippen LogP contribution in [-0.4, -0.2) is 37.2 Å². The number of carbonyl (C=O) groups is 2. The van der Waals surface area contributed by atoms with Gasteiger partial charge in [-0.3, -0.25) is 9.59 Å². The van der Waals surface area contributed by atoms with E-state index in [4.69, 9.17) is 10.8 Å². The molecule has 0 saturated heterocycles. The van der Waals surface area contributed by atoms with E-state index in [0.717, 1.165) is 32.1 Å². The summed E-state index contributed by atoms with van der Waals surface area (Å²) >= 11 is 0. The number of nitrogens with two attached hydrogens (primary N) is 1. The Balaban J connectivity index is 2.59.